The van der Waals surface area contributed by atoms with Crippen molar-refractivity contribution in [1.29, 1.82) is 0 Å². The molecular weight excluding hydrogens is 555 g/mol. The number of carboxylic acid groups (broad SMARTS) is 2. The number of carbonyl (C=O) groups excluding carboxylic acids is 6. The maximum Gasteiger partial charge on any atom is 1.00 e. The molecule has 0 aromatic carbocycles. The van der Waals surface area contributed by atoms with E-state index in [0.717, 1.165) is 4.90 Å². The Morgan fingerprint density at radius 3 is 1.14 bits per heavy atom. The second-order valence-electron chi connectivity index (χ2n) is 10.8. The molecule has 0 aromatic heterocycles. The zero-order valence-corrected chi connectivity index (χ0v) is 25.5. The van der Waals surface area contributed by atoms with Crippen molar-refractivity contribution in [2.45, 2.75) is 91.4 Å². The number of aliphatic carboxylic acids is 2. The van der Waals surface area contributed by atoms with Crippen molar-refractivity contribution >= 4 is 47.3 Å². The van der Waals surface area contributed by atoms with Crippen LogP contribution in [-0.4, -0.2) is 111 Å². The van der Waals surface area contributed by atoms with E-state index in [2.05, 4.69) is 9.47 Å². The van der Waals surface area contributed by atoms with Gasteiger partial charge in [0.2, 0.25) is 11.6 Å². The van der Waals surface area contributed by atoms with Crippen molar-refractivity contribution in [3.8, 4) is 0 Å². The van der Waals surface area contributed by atoms with Gasteiger partial charge in [-0.3, -0.25) is 19.2 Å². The van der Waals surface area contributed by atoms with E-state index in [-0.39, 0.29) is 37.2 Å². The molecule has 15 nitrogen and oxygen atoms in total. The van der Waals surface area contributed by atoms with Gasteiger partial charge in [-0.25, -0.2) is 19.2 Å². The van der Waals surface area contributed by atoms with Gasteiger partial charge < -0.3 is 35.0 Å². The molecule has 0 radical (unpaired) electrons. The smallest absolute Gasteiger partial charge is 0.870 e. The summed E-state index contributed by atoms with van der Waals surface area (Å²) in [5, 5.41) is 17.8. The van der Waals surface area contributed by atoms with Crippen LogP contribution in [0.4, 0.5) is 0 Å². The maximum atomic E-state index is 12.4. The summed E-state index contributed by atoms with van der Waals surface area (Å²) >= 11 is 0. The molecule has 0 bridgehead atoms. The van der Waals surface area contributed by atoms with Crippen molar-refractivity contribution in [3.05, 3.63) is 0 Å². The molecule has 0 aromatic rings. The largest absolute Gasteiger partial charge is 1.00 e. The first-order valence-electron chi connectivity index (χ1n) is 12.7. The fraction of sp³-hybridized carbons (Fsp3) is 0.692. The summed E-state index contributed by atoms with van der Waals surface area (Å²) in [5.74, 6) is -7.16. The predicted molar refractivity (Wildman–Crippen MR) is 137 cm³/mol. The van der Waals surface area contributed by atoms with Crippen LogP contribution >= 0.6 is 0 Å². The molecule has 16 heteroatoms. The third-order valence-corrected chi connectivity index (χ3v) is 7.61. The van der Waals surface area contributed by atoms with Gasteiger partial charge >= 0.3 is 42.7 Å². The van der Waals surface area contributed by atoms with Gasteiger partial charge in [0.25, 0.3) is 11.8 Å². The average molecular weight is 595 g/mol. The number of amides is 2. The summed E-state index contributed by atoms with van der Waals surface area (Å²) in [6, 6.07) is -4.29. The predicted octanol–water partition coefficient (Wildman–Crippen LogP) is -2.74. The number of ether oxygens (including phenoxy) is 2. The van der Waals surface area contributed by atoms with E-state index < -0.39 is 82.3 Å². The molecule has 0 aliphatic carbocycles. The molecule has 232 valence electrons. The molecule has 0 saturated carbocycles. The van der Waals surface area contributed by atoms with Crippen LogP contribution in [0.1, 0.15) is 67.2 Å². The number of hydrogen-bond donors (Lipinski definition) is 2. The number of carboxylic acids is 2. The Labute approximate surface area is 255 Å². The molecule has 2 rings (SSSR count). The van der Waals surface area contributed by atoms with Crippen LogP contribution in [0, 0.1) is 10.8 Å². The standard InChI is InChI=1S/C14H21NO6.C12H17NO6.Li.H2O/c1-6-14(2,3)10(16)11(17)15-8(12(18)20-4)7-9(15)13(19)21-5;1-4-12(2,3)8(14)9(15)13-6(10(16)17)5-7(13)11(18)19;;/h8-9H,6-7H2,1-5H3;6-7H,4-5H2,1-3H3,(H,16,17)(H,18,19);;1H2/q;;+1;/p-1/t8-,9+;6-,7+;;. The van der Waals surface area contributed by atoms with Gasteiger partial charge in [0.1, 0.15) is 24.2 Å². The van der Waals surface area contributed by atoms with E-state index in [1.165, 1.54) is 14.2 Å². The normalized spacial score (nSPS) is 20.9. The first kappa shape index (κ1) is 40.9. The van der Waals surface area contributed by atoms with Crippen molar-refractivity contribution in [2.75, 3.05) is 14.2 Å². The van der Waals surface area contributed by atoms with Crippen molar-refractivity contribution in [2.24, 2.45) is 10.8 Å². The summed E-state index contributed by atoms with van der Waals surface area (Å²) in [7, 11) is 2.38. The molecule has 2 aliphatic rings. The molecule has 2 amide bonds. The van der Waals surface area contributed by atoms with Crippen LogP contribution in [-0.2, 0) is 47.8 Å². The van der Waals surface area contributed by atoms with Crippen LogP contribution in [0.3, 0.4) is 0 Å². The number of ketones is 2. The average Bonchev–Trinajstić information content (AvgIpc) is 2.85. The Kier molecular flexibility index (Phi) is 15.4. The minimum absolute atomic E-state index is 0. The minimum Gasteiger partial charge on any atom is -0.870 e. The van der Waals surface area contributed by atoms with Gasteiger partial charge in [0.05, 0.1) is 14.2 Å². The molecule has 2 heterocycles. The maximum absolute atomic E-state index is 12.4. The topological polar surface area (TPSA) is 232 Å². The number of hydrogen-bond acceptors (Lipinski definition) is 11. The van der Waals surface area contributed by atoms with Crippen LogP contribution in [0.25, 0.3) is 0 Å². The number of carbonyl (C=O) groups is 8. The molecule has 42 heavy (non-hydrogen) atoms. The number of rotatable bonds is 10. The fourth-order valence-corrected chi connectivity index (χ4v) is 3.87. The van der Waals surface area contributed by atoms with Crippen molar-refractivity contribution in [3.63, 3.8) is 0 Å². The van der Waals surface area contributed by atoms with Gasteiger partial charge in [-0.2, -0.15) is 0 Å². The Morgan fingerprint density at radius 1 is 0.643 bits per heavy atom. The van der Waals surface area contributed by atoms with Gasteiger partial charge in [0.15, 0.2) is 0 Å². The molecule has 0 spiro atoms. The van der Waals surface area contributed by atoms with Gasteiger partial charge in [-0.05, 0) is 12.8 Å². The number of esters is 2. The third kappa shape index (κ3) is 8.39. The van der Waals surface area contributed by atoms with Crippen LogP contribution < -0.4 is 18.9 Å². The zero-order chi connectivity index (χ0) is 31.3. The molecule has 3 N–H and O–H groups in total. The molecular formula is C26H39LiN2O13. The Hall–Kier alpha value is -3.28. The quantitative estimate of drug-likeness (QED) is 0.149. The monoisotopic (exact) mass is 594 g/mol. The zero-order valence-electron chi connectivity index (χ0n) is 25.5. The summed E-state index contributed by atoms with van der Waals surface area (Å²) < 4.78 is 9.18. The molecule has 2 fully saturated rings. The second-order valence-corrected chi connectivity index (χ2v) is 10.8. The van der Waals surface area contributed by atoms with Crippen molar-refractivity contribution in [1.82, 2.24) is 9.80 Å². The third-order valence-electron chi connectivity index (χ3n) is 7.61. The number of Topliss-reactive ketones (excluding diaryl/α,β-unsaturated/α-hetero) is 2. The SMILES string of the molecule is CCC(C)(C)C(=O)C(=O)N1[C@@H](C(=O)O)C[C@H]1C(=O)O.CCC(C)(C)C(=O)C(=O)N1[C@@H](C(=O)OC)C[C@H]1C(=O)OC.[Li+].[OH-]. The molecule has 4 atom stereocenters. The fourth-order valence-electron chi connectivity index (χ4n) is 3.87. The summed E-state index contributed by atoms with van der Waals surface area (Å²) in [6.07, 6.45) is 0.805. The Bertz CT molecular complexity index is 1050. The first-order chi connectivity index (χ1) is 18.3. The summed E-state index contributed by atoms with van der Waals surface area (Å²) in [5.41, 5.74) is -1.78. The number of nitrogens with zero attached hydrogens (tertiary/aromatic N) is 2. The van der Waals surface area contributed by atoms with E-state index in [9.17, 15) is 38.4 Å². The molecule has 2 saturated heterocycles. The first-order valence-corrected chi connectivity index (χ1v) is 12.7. The van der Waals surface area contributed by atoms with E-state index in [1.807, 2.05) is 0 Å². The van der Waals surface area contributed by atoms with Crippen LogP contribution in [0.2, 0.25) is 0 Å². The van der Waals surface area contributed by atoms with E-state index in [1.54, 1.807) is 41.5 Å². The van der Waals surface area contributed by atoms with Crippen LogP contribution in [0.15, 0.2) is 0 Å². The Morgan fingerprint density at radius 2 is 0.905 bits per heavy atom. The Balaban J connectivity index is 0. The van der Waals surface area contributed by atoms with Crippen LogP contribution in [0.5, 0.6) is 0 Å². The van der Waals surface area contributed by atoms with Gasteiger partial charge in [-0.1, -0.05) is 41.5 Å². The summed E-state index contributed by atoms with van der Waals surface area (Å²) in [6.45, 7) is 9.94. The van der Waals surface area contributed by atoms with E-state index in [0.29, 0.717) is 17.7 Å². The van der Waals surface area contributed by atoms with E-state index in [4.69, 9.17) is 10.2 Å². The molecule has 0 unspecified atom stereocenters. The molecule has 2 aliphatic heterocycles. The summed E-state index contributed by atoms with van der Waals surface area (Å²) in [4.78, 5) is 95.3. The number of likely N-dealkylation sites (tertiary alicyclic amines) is 2. The van der Waals surface area contributed by atoms with Gasteiger partial charge in [0, 0.05) is 23.7 Å². The van der Waals surface area contributed by atoms with Gasteiger partial charge in [-0.15, -0.1) is 0 Å². The number of methoxy groups -OCH3 is 2. The minimum atomic E-state index is -1.30. The second kappa shape index (κ2) is 15.8. The van der Waals surface area contributed by atoms with E-state index >= 15 is 0 Å². The van der Waals surface area contributed by atoms with Crippen molar-refractivity contribution < 1.29 is 82.4 Å².